The van der Waals surface area contributed by atoms with Crippen LogP contribution < -0.4 is 0 Å². The van der Waals surface area contributed by atoms with E-state index in [1.807, 2.05) is 20.8 Å². The summed E-state index contributed by atoms with van der Waals surface area (Å²) in [5, 5.41) is 0. The normalized spacial score (nSPS) is 22.3. The Morgan fingerprint density at radius 2 is 1.50 bits per heavy atom. The number of carbonyl (C=O) groups excluding carboxylic acids is 1. The van der Waals surface area contributed by atoms with Gasteiger partial charge in [-0.05, 0) is 63.1 Å². The second-order valence-corrected chi connectivity index (χ2v) is 9.77. The molecule has 0 aromatic rings. The summed E-state index contributed by atoms with van der Waals surface area (Å²) in [7, 11) is 0. The zero-order valence-corrected chi connectivity index (χ0v) is 16.9. The van der Waals surface area contributed by atoms with Crippen molar-refractivity contribution in [3.63, 3.8) is 0 Å². The van der Waals surface area contributed by atoms with Crippen molar-refractivity contribution in [1.29, 1.82) is 0 Å². The SMILES string of the molecule is CC(C)CCCCN1CCC2(CC1)CCN(C(=O)C(C)(C)C)CC2. The highest BCUT2D eigenvalue weighted by atomic mass is 16.2. The predicted octanol–water partition coefficient (Wildman–Crippen LogP) is 4.56. The van der Waals surface area contributed by atoms with Gasteiger partial charge >= 0.3 is 0 Å². The van der Waals surface area contributed by atoms with E-state index in [1.54, 1.807) is 0 Å². The molecule has 1 spiro atoms. The van der Waals surface area contributed by atoms with Crippen LogP contribution in [-0.4, -0.2) is 48.4 Å². The predicted molar refractivity (Wildman–Crippen MR) is 102 cm³/mol. The number of nitrogens with zero attached hydrogens (tertiary/aromatic N) is 2. The van der Waals surface area contributed by atoms with Gasteiger partial charge < -0.3 is 9.80 Å². The molecular weight excluding hydrogens is 296 g/mol. The van der Waals surface area contributed by atoms with E-state index in [9.17, 15) is 4.79 Å². The Morgan fingerprint density at radius 3 is 2.00 bits per heavy atom. The molecule has 2 rings (SSSR count). The summed E-state index contributed by atoms with van der Waals surface area (Å²) >= 11 is 0. The number of hydrogen-bond donors (Lipinski definition) is 0. The van der Waals surface area contributed by atoms with Gasteiger partial charge in [-0.2, -0.15) is 0 Å². The smallest absolute Gasteiger partial charge is 0.227 e. The molecule has 0 aliphatic carbocycles. The maximum Gasteiger partial charge on any atom is 0.227 e. The zero-order chi connectivity index (χ0) is 17.8. The van der Waals surface area contributed by atoms with Gasteiger partial charge in [0.25, 0.3) is 0 Å². The minimum atomic E-state index is -0.232. The fourth-order valence-electron chi connectivity index (χ4n) is 4.30. The fraction of sp³-hybridized carbons (Fsp3) is 0.952. The number of carbonyl (C=O) groups is 1. The molecule has 0 N–H and O–H groups in total. The van der Waals surface area contributed by atoms with Crippen LogP contribution in [-0.2, 0) is 4.79 Å². The summed E-state index contributed by atoms with van der Waals surface area (Å²) in [6, 6.07) is 0. The van der Waals surface area contributed by atoms with Gasteiger partial charge in [0.05, 0.1) is 0 Å². The standard InChI is InChI=1S/C21H40N2O/c1-18(2)8-6-7-13-22-14-9-21(10-15-22)11-16-23(17-12-21)19(24)20(3,4)5/h18H,6-17H2,1-5H3. The average Bonchev–Trinajstić information content (AvgIpc) is 2.52. The van der Waals surface area contributed by atoms with Crippen LogP contribution in [0.25, 0.3) is 0 Å². The van der Waals surface area contributed by atoms with Crippen LogP contribution >= 0.6 is 0 Å². The van der Waals surface area contributed by atoms with Crippen LogP contribution in [0.5, 0.6) is 0 Å². The molecular formula is C21H40N2O. The summed E-state index contributed by atoms with van der Waals surface area (Å²) in [5.74, 6) is 1.18. The van der Waals surface area contributed by atoms with Gasteiger partial charge in [-0.25, -0.2) is 0 Å². The van der Waals surface area contributed by atoms with Crippen molar-refractivity contribution < 1.29 is 4.79 Å². The number of rotatable bonds is 5. The number of unbranched alkanes of at least 4 members (excludes halogenated alkanes) is 1. The highest BCUT2D eigenvalue weighted by Crippen LogP contribution is 2.41. The van der Waals surface area contributed by atoms with Gasteiger partial charge in [-0.3, -0.25) is 4.79 Å². The third-order valence-corrected chi connectivity index (χ3v) is 6.18. The van der Waals surface area contributed by atoms with Gasteiger partial charge in [-0.1, -0.05) is 47.5 Å². The molecule has 0 saturated carbocycles. The van der Waals surface area contributed by atoms with Crippen molar-refractivity contribution in [2.75, 3.05) is 32.7 Å². The van der Waals surface area contributed by atoms with Crippen molar-refractivity contribution in [3.05, 3.63) is 0 Å². The van der Waals surface area contributed by atoms with E-state index >= 15 is 0 Å². The van der Waals surface area contributed by atoms with E-state index < -0.39 is 0 Å². The molecule has 0 atom stereocenters. The Morgan fingerprint density at radius 1 is 0.958 bits per heavy atom. The van der Waals surface area contributed by atoms with E-state index in [1.165, 1.54) is 64.6 Å². The third kappa shape index (κ3) is 5.47. The topological polar surface area (TPSA) is 23.6 Å². The maximum atomic E-state index is 12.5. The lowest BCUT2D eigenvalue weighted by Crippen LogP contribution is -2.50. The molecule has 1 amide bonds. The molecule has 0 bridgehead atoms. The molecule has 0 aromatic heterocycles. The Kier molecular flexibility index (Phi) is 6.75. The average molecular weight is 337 g/mol. The molecule has 2 fully saturated rings. The second kappa shape index (κ2) is 8.21. The van der Waals surface area contributed by atoms with E-state index in [-0.39, 0.29) is 5.41 Å². The molecule has 2 saturated heterocycles. The van der Waals surface area contributed by atoms with Crippen molar-refractivity contribution in [1.82, 2.24) is 9.80 Å². The van der Waals surface area contributed by atoms with Crippen molar-refractivity contribution in [3.8, 4) is 0 Å². The van der Waals surface area contributed by atoms with Crippen LogP contribution in [0.3, 0.4) is 0 Å². The maximum absolute atomic E-state index is 12.5. The van der Waals surface area contributed by atoms with Gasteiger partial charge in [0, 0.05) is 18.5 Å². The minimum Gasteiger partial charge on any atom is -0.342 e. The first-order chi connectivity index (χ1) is 11.2. The summed E-state index contributed by atoms with van der Waals surface area (Å²) in [6.45, 7) is 16.5. The molecule has 2 aliphatic rings. The monoisotopic (exact) mass is 336 g/mol. The third-order valence-electron chi connectivity index (χ3n) is 6.18. The molecule has 24 heavy (non-hydrogen) atoms. The lowest BCUT2D eigenvalue weighted by atomic mass is 9.71. The summed E-state index contributed by atoms with van der Waals surface area (Å²) < 4.78 is 0. The second-order valence-electron chi connectivity index (χ2n) is 9.77. The van der Waals surface area contributed by atoms with Crippen LogP contribution in [0.1, 0.15) is 79.6 Å². The van der Waals surface area contributed by atoms with Crippen LogP contribution in [0.15, 0.2) is 0 Å². The van der Waals surface area contributed by atoms with E-state index in [2.05, 4.69) is 23.6 Å². The number of piperidine rings is 2. The Balaban J connectivity index is 1.70. The van der Waals surface area contributed by atoms with Gasteiger partial charge in [-0.15, -0.1) is 0 Å². The Hall–Kier alpha value is -0.570. The molecule has 0 unspecified atom stereocenters. The molecule has 140 valence electrons. The number of amides is 1. The first-order valence-electron chi connectivity index (χ1n) is 10.2. The number of likely N-dealkylation sites (tertiary alicyclic amines) is 2. The van der Waals surface area contributed by atoms with Gasteiger partial charge in [0.1, 0.15) is 0 Å². The fourth-order valence-corrected chi connectivity index (χ4v) is 4.30. The van der Waals surface area contributed by atoms with Crippen molar-refractivity contribution in [2.24, 2.45) is 16.7 Å². The van der Waals surface area contributed by atoms with Crippen LogP contribution in [0, 0.1) is 16.7 Å². The van der Waals surface area contributed by atoms with Gasteiger partial charge in [0.15, 0.2) is 0 Å². The van der Waals surface area contributed by atoms with E-state index in [4.69, 9.17) is 0 Å². The van der Waals surface area contributed by atoms with Crippen molar-refractivity contribution >= 4 is 5.91 Å². The lowest BCUT2D eigenvalue weighted by molar-refractivity contribution is -0.142. The van der Waals surface area contributed by atoms with Gasteiger partial charge in [0.2, 0.25) is 5.91 Å². The quantitative estimate of drug-likeness (QED) is 0.687. The highest BCUT2D eigenvalue weighted by Gasteiger charge is 2.39. The Bertz CT molecular complexity index is 393. The van der Waals surface area contributed by atoms with Crippen molar-refractivity contribution in [2.45, 2.75) is 79.6 Å². The first-order valence-corrected chi connectivity index (χ1v) is 10.2. The molecule has 2 aliphatic heterocycles. The molecule has 2 heterocycles. The molecule has 0 aromatic carbocycles. The first kappa shape index (κ1) is 19.8. The van der Waals surface area contributed by atoms with Crippen LogP contribution in [0.4, 0.5) is 0 Å². The Labute approximate surface area is 150 Å². The number of hydrogen-bond acceptors (Lipinski definition) is 2. The molecule has 3 heteroatoms. The largest absolute Gasteiger partial charge is 0.342 e. The zero-order valence-electron chi connectivity index (χ0n) is 16.9. The molecule has 0 radical (unpaired) electrons. The molecule has 3 nitrogen and oxygen atoms in total. The highest BCUT2D eigenvalue weighted by molar-refractivity contribution is 5.81. The van der Waals surface area contributed by atoms with E-state index in [0.717, 1.165) is 19.0 Å². The minimum absolute atomic E-state index is 0.232. The van der Waals surface area contributed by atoms with Crippen LogP contribution in [0.2, 0.25) is 0 Å². The summed E-state index contributed by atoms with van der Waals surface area (Å²) in [4.78, 5) is 17.2. The van der Waals surface area contributed by atoms with E-state index in [0.29, 0.717) is 11.3 Å². The summed E-state index contributed by atoms with van der Waals surface area (Å²) in [5.41, 5.74) is 0.299. The summed E-state index contributed by atoms with van der Waals surface area (Å²) in [6.07, 6.45) is 9.23. The lowest BCUT2D eigenvalue weighted by Gasteiger charge is -2.47.